The van der Waals surface area contributed by atoms with E-state index in [1.807, 2.05) is 47.6 Å². The number of hydrogen-bond acceptors (Lipinski definition) is 8. The molecule has 0 aliphatic carbocycles. The Morgan fingerprint density at radius 2 is 1.73 bits per heavy atom. The number of hydrogen-bond donors (Lipinski definition) is 1. The van der Waals surface area contributed by atoms with E-state index in [2.05, 4.69) is 15.3 Å². The van der Waals surface area contributed by atoms with E-state index >= 15 is 0 Å². The zero-order chi connectivity index (χ0) is 28.8. The van der Waals surface area contributed by atoms with Gasteiger partial charge >= 0.3 is 12.2 Å². The van der Waals surface area contributed by atoms with Gasteiger partial charge in [0.15, 0.2) is 11.5 Å². The molecule has 12 heteroatoms. The molecule has 0 spiro atoms. The average Bonchev–Trinajstić information content (AvgIpc) is 3.50. The van der Waals surface area contributed by atoms with Crippen molar-refractivity contribution < 1.29 is 19.1 Å². The van der Waals surface area contributed by atoms with Gasteiger partial charge in [-0.25, -0.2) is 29.1 Å². The Morgan fingerprint density at radius 1 is 1.02 bits per heavy atom. The molecule has 1 N–H and O–H groups in total. The van der Waals surface area contributed by atoms with Crippen LogP contribution >= 0.6 is 11.6 Å². The van der Waals surface area contributed by atoms with Crippen molar-refractivity contribution in [1.82, 2.24) is 28.8 Å². The molecule has 1 aliphatic rings. The lowest BCUT2D eigenvalue weighted by molar-refractivity contribution is 0.0206. The topological polar surface area (TPSA) is 116 Å². The molecular formula is C28H34ClN7O4. The molecule has 0 unspecified atom stereocenters. The number of halogens is 1. The number of nitrogens with one attached hydrogen (secondary N) is 1. The van der Waals surface area contributed by atoms with Crippen molar-refractivity contribution in [3.8, 4) is 11.3 Å². The number of piperidine rings is 1. The Balaban J connectivity index is 1.52. The van der Waals surface area contributed by atoms with E-state index in [4.69, 9.17) is 26.1 Å². The van der Waals surface area contributed by atoms with E-state index in [0.29, 0.717) is 52.0 Å². The van der Waals surface area contributed by atoms with Crippen molar-refractivity contribution in [1.29, 1.82) is 0 Å². The van der Waals surface area contributed by atoms with Crippen LogP contribution in [0.4, 0.5) is 15.4 Å². The van der Waals surface area contributed by atoms with Gasteiger partial charge in [0, 0.05) is 54.9 Å². The third-order valence-electron chi connectivity index (χ3n) is 6.31. The maximum Gasteiger partial charge on any atom is 0.420 e. The minimum atomic E-state index is -0.682. The van der Waals surface area contributed by atoms with Crippen molar-refractivity contribution in [2.75, 3.05) is 18.4 Å². The van der Waals surface area contributed by atoms with E-state index in [1.165, 1.54) is 4.57 Å². The normalized spacial score (nSPS) is 16.4. The highest BCUT2D eigenvalue weighted by Gasteiger charge is 2.29. The molecule has 11 nitrogen and oxygen atoms in total. The van der Waals surface area contributed by atoms with Gasteiger partial charge in [-0.3, -0.25) is 4.40 Å². The van der Waals surface area contributed by atoms with E-state index in [9.17, 15) is 9.59 Å². The van der Waals surface area contributed by atoms with Gasteiger partial charge in [0.2, 0.25) is 0 Å². The van der Waals surface area contributed by atoms with E-state index in [1.54, 1.807) is 40.2 Å². The van der Waals surface area contributed by atoms with Gasteiger partial charge < -0.3 is 19.7 Å². The van der Waals surface area contributed by atoms with Gasteiger partial charge in [0.05, 0.1) is 0 Å². The molecule has 1 atom stereocenters. The highest BCUT2D eigenvalue weighted by atomic mass is 35.5. The Morgan fingerprint density at radius 3 is 2.45 bits per heavy atom. The number of anilines is 1. The predicted octanol–water partition coefficient (Wildman–Crippen LogP) is 5.99. The zero-order valence-electron chi connectivity index (χ0n) is 23.6. The highest BCUT2D eigenvalue weighted by Crippen LogP contribution is 2.36. The number of likely N-dealkylation sites (tertiary alicyclic amines) is 1. The summed E-state index contributed by atoms with van der Waals surface area (Å²) in [5.41, 5.74) is 0.812. The van der Waals surface area contributed by atoms with Gasteiger partial charge in [0.1, 0.15) is 27.7 Å². The van der Waals surface area contributed by atoms with E-state index in [0.717, 1.165) is 12.8 Å². The van der Waals surface area contributed by atoms with Crippen LogP contribution in [-0.4, -0.2) is 71.3 Å². The number of fused-ring (bicyclic) bond motifs is 2. The number of pyridine rings is 1. The smallest absolute Gasteiger partial charge is 0.420 e. The summed E-state index contributed by atoms with van der Waals surface area (Å²) in [6.45, 7) is 12.1. The van der Waals surface area contributed by atoms with E-state index < -0.39 is 17.3 Å². The Bertz CT molecular complexity index is 1580. The SMILES string of the molecule is CC(C)(C)OC(=O)N1CCC[C@H](Nc2nc(-c3cn(C(=O)OC(C)(C)C)c4ncccc34)c(Cl)n3ccnc23)C1. The first-order valence-electron chi connectivity index (χ1n) is 13.3. The number of ether oxygens (including phenoxy) is 2. The molecule has 0 bridgehead atoms. The molecule has 1 amide bonds. The molecule has 4 aromatic rings. The molecule has 5 rings (SSSR count). The number of nitrogens with zero attached hydrogens (tertiary/aromatic N) is 6. The van der Waals surface area contributed by atoms with Crippen molar-refractivity contribution in [3.63, 3.8) is 0 Å². The van der Waals surface area contributed by atoms with Crippen molar-refractivity contribution in [3.05, 3.63) is 42.1 Å². The second-order valence-electron chi connectivity index (χ2n) is 11.9. The Labute approximate surface area is 237 Å². The number of aromatic nitrogens is 5. The summed E-state index contributed by atoms with van der Waals surface area (Å²) in [5.74, 6) is 0.516. The molecule has 1 aliphatic heterocycles. The quantitative estimate of drug-likeness (QED) is 0.321. The fourth-order valence-corrected chi connectivity index (χ4v) is 4.99. The van der Waals surface area contributed by atoms with Gasteiger partial charge in [-0.2, -0.15) is 0 Å². The minimum Gasteiger partial charge on any atom is -0.444 e. The maximum absolute atomic E-state index is 13.1. The maximum atomic E-state index is 13.1. The second kappa shape index (κ2) is 10.3. The summed E-state index contributed by atoms with van der Waals surface area (Å²) in [5, 5.41) is 4.52. The lowest BCUT2D eigenvalue weighted by Crippen LogP contribution is -2.47. The molecule has 1 saturated heterocycles. The first kappa shape index (κ1) is 27.7. The molecule has 5 heterocycles. The van der Waals surface area contributed by atoms with Crippen molar-refractivity contribution >= 4 is 46.3 Å². The molecule has 1 fully saturated rings. The lowest BCUT2D eigenvalue weighted by Gasteiger charge is -2.34. The second-order valence-corrected chi connectivity index (χ2v) is 12.3. The fourth-order valence-electron chi connectivity index (χ4n) is 4.71. The largest absolute Gasteiger partial charge is 0.444 e. The van der Waals surface area contributed by atoms with Gasteiger partial charge in [-0.15, -0.1) is 0 Å². The summed E-state index contributed by atoms with van der Waals surface area (Å²) in [4.78, 5) is 41.3. The zero-order valence-corrected chi connectivity index (χ0v) is 24.3. The molecule has 0 aromatic carbocycles. The van der Waals surface area contributed by atoms with Crippen LogP contribution in [-0.2, 0) is 9.47 Å². The van der Waals surface area contributed by atoms with Gasteiger partial charge in [-0.1, -0.05) is 11.6 Å². The molecule has 0 radical (unpaired) electrons. The first-order chi connectivity index (χ1) is 18.8. The summed E-state index contributed by atoms with van der Waals surface area (Å²) >= 11 is 6.87. The average molecular weight is 568 g/mol. The van der Waals surface area contributed by atoms with Crippen LogP contribution < -0.4 is 5.32 Å². The van der Waals surface area contributed by atoms with Crippen molar-refractivity contribution in [2.45, 2.75) is 71.6 Å². The van der Waals surface area contributed by atoms with Crippen molar-refractivity contribution in [2.24, 2.45) is 0 Å². The van der Waals surface area contributed by atoms with Crippen LogP contribution in [0.15, 0.2) is 36.9 Å². The fraction of sp³-hybridized carbons (Fsp3) is 0.464. The predicted molar refractivity (Wildman–Crippen MR) is 153 cm³/mol. The Hall–Kier alpha value is -3.86. The minimum absolute atomic E-state index is 0.0759. The van der Waals surface area contributed by atoms with Crippen LogP contribution in [0.5, 0.6) is 0 Å². The van der Waals surface area contributed by atoms with Crippen LogP contribution in [0, 0.1) is 0 Å². The Kier molecular flexibility index (Phi) is 7.11. The standard InChI is InChI=1S/C28H34ClN7O4/c1-27(2,3)39-25(37)34-13-8-9-17(15-34)32-22-24-31-12-14-35(24)21(29)20(33-22)19-16-36(26(38)40-28(4,5)6)23-18(19)10-7-11-30-23/h7,10-12,14,16-17H,8-9,13,15H2,1-6H3,(H,32,33)/t17-/m0/s1. The van der Waals surface area contributed by atoms with E-state index in [-0.39, 0.29) is 12.1 Å². The molecule has 4 aromatic heterocycles. The van der Waals surface area contributed by atoms with Crippen LogP contribution in [0.1, 0.15) is 54.4 Å². The van der Waals surface area contributed by atoms with Crippen LogP contribution in [0.25, 0.3) is 27.9 Å². The number of amides is 1. The summed E-state index contributed by atoms with van der Waals surface area (Å²) in [6.07, 6.45) is 7.45. The molecular weight excluding hydrogens is 534 g/mol. The molecule has 0 saturated carbocycles. The number of carbonyl (C=O) groups excluding carboxylic acids is 2. The van der Waals surface area contributed by atoms with Crippen LogP contribution in [0.3, 0.4) is 0 Å². The number of imidazole rings is 1. The first-order valence-corrected chi connectivity index (χ1v) is 13.7. The third-order valence-corrected chi connectivity index (χ3v) is 6.67. The van der Waals surface area contributed by atoms with Crippen LogP contribution in [0.2, 0.25) is 5.15 Å². The summed E-state index contributed by atoms with van der Waals surface area (Å²) < 4.78 is 14.3. The molecule has 40 heavy (non-hydrogen) atoms. The number of carbonyl (C=O) groups is 2. The van der Waals surface area contributed by atoms with Gasteiger partial charge in [-0.05, 0) is 66.5 Å². The number of rotatable bonds is 3. The van der Waals surface area contributed by atoms with Gasteiger partial charge in [0.25, 0.3) is 0 Å². The summed E-state index contributed by atoms with van der Waals surface area (Å²) in [6, 6.07) is 3.58. The third kappa shape index (κ3) is 5.70. The lowest BCUT2D eigenvalue weighted by atomic mass is 10.1. The monoisotopic (exact) mass is 567 g/mol. The highest BCUT2D eigenvalue weighted by molar-refractivity contribution is 6.32. The summed E-state index contributed by atoms with van der Waals surface area (Å²) in [7, 11) is 0. The molecule has 212 valence electrons.